The smallest absolute Gasteiger partial charge is 0.310 e. The molecule has 110 valence electrons. The Morgan fingerprint density at radius 1 is 1.19 bits per heavy atom. The number of amides is 1. The minimum atomic E-state index is -4.41. The molecule has 0 unspecified atom stereocenters. The number of anilines is 1. The van der Waals surface area contributed by atoms with Crippen molar-refractivity contribution in [3.05, 3.63) is 59.3 Å². The summed E-state index contributed by atoms with van der Waals surface area (Å²) >= 11 is 0. The Balaban J connectivity index is 2.06. The monoisotopic (exact) mass is 294 g/mol. The molecule has 0 atom stereocenters. The van der Waals surface area contributed by atoms with Gasteiger partial charge in [-0.05, 0) is 30.7 Å². The van der Waals surface area contributed by atoms with E-state index in [2.05, 4.69) is 10.3 Å². The van der Waals surface area contributed by atoms with Crippen LogP contribution in [-0.4, -0.2) is 10.9 Å². The molecule has 0 aliphatic carbocycles. The number of hydrogen-bond acceptors (Lipinski definition) is 2. The molecule has 0 aliphatic heterocycles. The molecule has 0 fully saturated rings. The van der Waals surface area contributed by atoms with Crippen LogP contribution in [0.5, 0.6) is 0 Å². The van der Waals surface area contributed by atoms with E-state index in [0.29, 0.717) is 11.4 Å². The van der Waals surface area contributed by atoms with Crippen LogP contribution < -0.4 is 5.32 Å². The quantitative estimate of drug-likeness (QED) is 0.940. The van der Waals surface area contributed by atoms with Crippen LogP contribution in [0.1, 0.15) is 16.8 Å². The largest absolute Gasteiger partial charge is 0.416 e. The summed E-state index contributed by atoms with van der Waals surface area (Å²) in [5.41, 5.74) is 0.281. The third kappa shape index (κ3) is 4.30. The summed E-state index contributed by atoms with van der Waals surface area (Å²) in [4.78, 5) is 15.9. The maximum absolute atomic E-state index is 12.6. The van der Waals surface area contributed by atoms with Crippen molar-refractivity contribution >= 4 is 11.7 Å². The first-order valence-electron chi connectivity index (χ1n) is 6.24. The van der Waals surface area contributed by atoms with Gasteiger partial charge in [-0.15, -0.1) is 0 Å². The Bertz CT molecular complexity index is 653. The van der Waals surface area contributed by atoms with Gasteiger partial charge in [0.25, 0.3) is 0 Å². The molecule has 0 spiro atoms. The predicted molar refractivity (Wildman–Crippen MR) is 72.8 cm³/mol. The average Bonchev–Trinajstić information content (AvgIpc) is 2.37. The molecule has 0 radical (unpaired) electrons. The van der Waals surface area contributed by atoms with Gasteiger partial charge in [-0.3, -0.25) is 4.79 Å². The number of aromatic nitrogens is 1. The summed E-state index contributed by atoms with van der Waals surface area (Å²) in [6, 6.07) is 9.86. The summed E-state index contributed by atoms with van der Waals surface area (Å²) in [5, 5.41) is 2.56. The van der Waals surface area contributed by atoms with Gasteiger partial charge in [-0.2, -0.15) is 13.2 Å². The summed E-state index contributed by atoms with van der Waals surface area (Å²) in [6.45, 7) is 1.78. The molecule has 0 aliphatic rings. The molecular weight excluding hydrogens is 281 g/mol. The van der Waals surface area contributed by atoms with Crippen LogP contribution >= 0.6 is 0 Å². The molecule has 6 heteroatoms. The third-order valence-electron chi connectivity index (χ3n) is 2.77. The van der Waals surface area contributed by atoms with Crippen LogP contribution in [0.4, 0.5) is 19.0 Å². The van der Waals surface area contributed by atoms with Gasteiger partial charge >= 0.3 is 6.18 Å². The summed E-state index contributed by atoms with van der Waals surface area (Å²) < 4.78 is 37.8. The zero-order valence-corrected chi connectivity index (χ0v) is 11.2. The lowest BCUT2D eigenvalue weighted by atomic mass is 10.1. The molecule has 21 heavy (non-hydrogen) atoms. The van der Waals surface area contributed by atoms with E-state index in [1.54, 1.807) is 25.1 Å². The first-order chi connectivity index (χ1) is 9.84. The van der Waals surface area contributed by atoms with Crippen molar-refractivity contribution in [3.63, 3.8) is 0 Å². The van der Waals surface area contributed by atoms with Gasteiger partial charge in [0.1, 0.15) is 5.82 Å². The SMILES string of the molecule is Cc1cccc(NC(=O)Cc2cccc(C(F)(F)F)c2)n1. The molecule has 1 amide bonds. The van der Waals surface area contributed by atoms with Crippen LogP contribution in [-0.2, 0) is 17.4 Å². The summed E-state index contributed by atoms with van der Waals surface area (Å²) in [6.07, 6.45) is -4.55. The van der Waals surface area contributed by atoms with Gasteiger partial charge in [-0.25, -0.2) is 4.98 Å². The molecule has 2 aromatic rings. The highest BCUT2D eigenvalue weighted by Gasteiger charge is 2.30. The molecule has 0 saturated carbocycles. The van der Waals surface area contributed by atoms with Gasteiger partial charge in [0.15, 0.2) is 0 Å². The van der Waals surface area contributed by atoms with E-state index in [-0.39, 0.29) is 6.42 Å². The number of pyridine rings is 1. The van der Waals surface area contributed by atoms with Gasteiger partial charge in [-0.1, -0.05) is 24.3 Å². The standard InChI is InChI=1S/C15H13F3N2O/c1-10-4-2-7-13(19-10)20-14(21)9-11-5-3-6-12(8-11)15(16,17)18/h2-8H,9H2,1H3,(H,19,20,21). The highest BCUT2D eigenvalue weighted by atomic mass is 19.4. The number of carbonyl (C=O) groups is 1. The number of benzene rings is 1. The molecule has 3 nitrogen and oxygen atoms in total. The lowest BCUT2D eigenvalue weighted by Crippen LogP contribution is -2.16. The Kier molecular flexibility index (Phi) is 4.26. The van der Waals surface area contributed by atoms with Crippen molar-refractivity contribution in [1.29, 1.82) is 0 Å². The van der Waals surface area contributed by atoms with Crippen molar-refractivity contribution in [2.24, 2.45) is 0 Å². The number of carbonyl (C=O) groups excluding carboxylic acids is 1. The minimum Gasteiger partial charge on any atom is -0.310 e. The Morgan fingerprint density at radius 3 is 2.57 bits per heavy atom. The van der Waals surface area contributed by atoms with Crippen LogP contribution in [0, 0.1) is 6.92 Å². The van der Waals surface area contributed by atoms with E-state index in [1.807, 2.05) is 0 Å². The van der Waals surface area contributed by atoms with Gasteiger partial charge in [0.05, 0.1) is 12.0 Å². The Labute approximate surface area is 119 Å². The molecule has 0 saturated heterocycles. The van der Waals surface area contributed by atoms with E-state index in [9.17, 15) is 18.0 Å². The fourth-order valence-corrected chi connectivity index (χ4v) is 1.84. The van der Waals surface area contributed by atoms with Gasteiger partial charge < -0.3 is 5.32 Å². The number of rotatable bonds is 3. The van der Waals surface area contributed by atoms with E-state index in [0.717, 1.165) is 17.8 Å². The Hall–Kier alpha value is -2.37. The molecular formula is C15H13F3N2O. The molecule has 2 rings (SSSR count). The topological polar surface area (TPSA) is 42.0 Å². The molecule has 0 bridgehead atoms. The van der Waals surface area contributed by atoms with Crippen molar-refractivity contribution < 1.29 is 18.0 Å². The first kappa shape index (κ1) is 15.0. The van der Waals surface area contributed by atoms with Crippen LogP contribution in [0.2, 0.25) is 0 Å². The molecule has 1 aromatic heterocycles. The first-order valence-corrected chi connectivity index (χ1v) is 6.24. The van der Waals surface area contributed by atoms with Crippen molar-refractivity contribution in [2.45, 2.75) is 19.5 Å². The molecule has 1 aromatic carbocycles. The average molecular weight is 294 g/mol. The number of alkyl halides is 3. The number of nitrogens with one attached hydrogen (secondary N) is 1. The summed E-state index contributed by atoms with van der Waals surface area (Å²) in [7, 11) is 0. The molecule has 1 N–H and O–H groups in total. The van der Waals surface area contributed by atoms with Crippen LogP contribution in [0.15, 0.2) is 42.5 Å². The second kappa shape index (κ2) is 5.95. The van der Waals surface area contributed by atoms with Crippen LogP contribution in [0.25, 0.3) is 0 Å². The highest BCUT2D eigenvalue weighted by Crippen LogP contribution is 2.29. The molecule has 1 heterocycles. The van der Waals surface area contributed by atoms with E-state index >= 15 is 0 Å². The zero-order valence-electron chi connectivity index (χ0n) is 11.2. The van der Waals surface area contributed by atoms with E-state index in [1.165, 1.54) is 12.1 Å². The van der Waals surface area contributed by atoms with Crippen molar-refractivity contribution in [1.82, 2.24) is 4.98 Å². The summed E-state index contributed by atoms with van der Waals surface area (Å²) in [5.74, 6) is -0.0283. The van der Waals surface area contributed by atoms with Crippen molar-refractivity contribution in [3.8, 4) is 0 Å². The van der Waals surface area contributed by atoms with Gasteiger partial charge in [0, 0.05) is 5.69 Å². The van der Waals surface area contributed by atoms with E-state index < -0.39 is 17.6 Å². The number of aryl methyl sites for hydroxylation is 1. The normalized spacial score (nSPS) is 11.2. The Morgan fingerprint density at radius 2 is 1.90 bits per heavy atom. The number of nitrogens with zero attached hydrogens (tertiary/aromatic N) is 1. The number of halogens is 3. The van der Waals surface area contributed by atoms with Crippen LogP contribution in [0.3, 0.4) is 0 Å². The highest BCUT2D eigenvalue weighted by molar-refractivity contribution is 5.91. The number of hydrogen-bond donors (Lipinski definition) is 1. The van der Waals surface area contributed by atoms with Crippen molar-refractivity contribution in [2.75, 3.05) is 5.32 Å². The minimum absolute atomic E-state index is 0.139. The lowest BCUT2D eigenvalue weighted by Gasteiger charge is -2.09. The zero-order chi connectivity index (χ0) is 15.5. The van der Waals surface area contributed by atoms with Gasteiger partial charge in [0.2, 0.25) is 5.91 Å². The third-order valence-corrected chi connectivity index (χ3v) is 2.77. The second-order valence-corrected chi connectivity index (χ2v) is 4.59. The maximum atomic E-state index is 12.6. The lowest BCUT2D eigenvalue weighted by molar-refractivity contribution is -0.137. The fraction of sp³-hybridized carbons (Fsp3) is 0.200. The van der Waals surface area contributed by atoms with E-state index in [4.69, 9.17) is 0 Å². The second-order valence-electron chi connectivity index (χ2n) is 4.59. The predicted octanol–water partition coefficient (Wildman–Crippen LogP) is 3.59. The maximum Gasteiger partial charge on any atom is 0.416 e. The fourth-order valence-electron chi connectivity index (χ4n) is 1.84.